The second-order valence-corrected chi connectivity index (χ2v) is 7.16. The lowest BCUT2D eigenvalue weighted by atomic mass is 9.97. The third-order valence-electron chi connectivity index (χ3n) is 3.52. The van der Waals surface area contributed by atoms with Gasteiger partial charge in [0.15, 0.2) is 0 Å². The van der Waals surface area contributed by atoms with Gasteiger partial charge in [-0.05, 0) is 12.8 Å². The van der Waals surface area contributed by atoms with E-state index in [1.807, 2.05) is 13.2 Å². The van der Waals surface area contributed by atoms with E-state index in [-0.39, 0.29) is 11.8 Å². The maximum absolute atomic E-state index is 12.0. The van der Waals surface area contributed by atoms with Gasteiger partial charge in [-0.3, -0.25) is 9.48 Å². The maximum atomic E-state index is 12.0. The Morgan fingerprint density at radius 2 is 2.10 bits per heavy atom. The summed E-state index contributed by atoms with van der Waals surface area (Å²) in [6.07, 6.45) is 5.92. The number of carbonyl (C=O) groups excluding carboxylic acids is 1. The van der Waals surface area contributed by atoms with Gasteiger partial charge in [0.1, 0.15) is 0 Å². The lowest BCUT2D eigenvalue weighted by Crippen LogP contribution is -2.42. The number of nitrogens with zero attached hydrogens (tertiary/aromatic N) is 3. The fraction of sp³-hybridized carbons (Fsp3) is 0.667. The number of sulfonamides is 1. The molecule has 2 heterocycles. The summed E-state index contributed by atoms with van der Waals surface area (Å²) in [4.78, 5) is 12.0. The highest BCUT2D eigenvalue weighted by Crippen LogP contribution is 2.19. The van der Waals surface area contributed by atoms with Gasteiger partial charge in [-0.2, -0.15) is 5.10 Å². The van der Waals surface area contributed by atoms with Crippen LogP contribution in [0.4, 0.5) is 0 Å². The summed E-state index contributed by atoms with van der Waals surface area (Å²) in [7, 11) is -1.31. The van der Waals surface area contributed by atoms with Gasteiger partial charge < -0.3 is 5.32 Å². The van der Waals surface area contributed by atoms with Gasteiger partial charge in [0.25, 0.3) is 0 Å². The molecule has 1 N–H and O–H groups in total. The van der Waals surface area contributed by atoms with Crippen LogP contribution in [0.2, 0.25) is 0 Å². The standard InChI is InChI=1S/C12H20N4O3S/c1-15-9-10(8-14-15)7-13-12(17)11-3-5-16(6-4-11)20(2,18)19/h8-9,11H,3-7H2,1-2H3,(H,13,17). The van der Waals surface area contributed by atoms with Gasteiger partial charge >= 0.3 is 0 Å². The van der Waals surface area contributed by atoms with Gasteiger partial charge in [-0.1, -0.05) is 0 Å². The van der Waals surface area contributed by atoms with Crippen LogP contribution in [0, 0.1) is 5.92 Å². The number of aromatic nitrogens is 2. The van der Waals surface area contributed by atoms with Crippen LogP contribution < -0.4 is 5.32 Å². The highest BCUT2D eigenvalue weighted by atomic mass is 32.2. The van der Waals surface area contributed by atoms with Crippen molar-refractivity contribution in [3.8, 4) is 0 Å². The first-order chi connectivity index (χ1) is 9.36. The van der Waals surface area contributed by atoms with Crippen molar-refractivity contribution in [2.45, 2.75) is 19.4 Å². The lowest BCUT2D eigenvalue weighted by molar-refractivity contribution is -0.126. The number of aryl methyl sites for hydroxylation is 1. The zero-order valence-electron chi connectivity index (χ0n) is 11.7. The van der Waals surface area contributed by atoms with Crippen molar-refractivity contribution >= 4 is 15.9 Å². The Morgan fingerprint density at radius 3 is 2.60 bits per heavy atom. The molecule has 0 saturated carbocycles. The first kappa shape index (κ1) is 15.0. The Morgan fingerprint density at radius 1 is 1.45 bits per heavy atom. The molecular weight excluding hydrogens is 280 g/mol. The summed E-state index contributed by atoms with van der Waals surface area (Å²) in [5.41, 5.74) is 0.953. The molecule has 7 nitrogen and oxygen atoms in total. The molecule has 1 aromatic heterocycles. The Kier molecular flexibility index (Phi) is 4.44. The molecule has 0 atom stereocenters. The lowest BCUT2D eigenvalue weighted by Gasteiger charge is -2.29. The van der Waals surface area contributed by atoms with Crippen LogP contribution in [0.1, 0.15) is 18.4 Å². The summed E-state index contributed by atoms with van der Waals surface area (Å²) >= 11 is 0. The molecule has 112 valence electrons. The van der Waals surface area contributed by atoms with Gasteiger partial charge in [0.05, 0.1) is 12.5 Å². The number of amides is 1. The summed E-state index contributed by atoms with van der Waals surface area (Å²) < 4.78 is 25.9. The molecular formula is C12H20N4O3S. The summed E-state index contributed by atoms with van der Waals surface area (Å²) in [5, 5.41) is 6.91. The minimum Gasteiger partial charge on any atom is -0.352 e. The number of carbonyl (C=O) groups is 1. The van der Waals surface area contributed by atoms with E-state index in [9.17, 15) is 13.2 Å². The highest BCUT2D eigenvalue weighted by Gasteiger charge is 2.28. The zero-order valence-corrected chi connectivity index (χ0v) is 12.6. The van der Waals surface area contributed by atoms with Crippen molar-refractivity contribution in [1.29, 1.82) is 0 Å². The van der Waals surface area contributed by atoms with E-state index in [4.69, 9.17) is 0 Å². The summed E-state index contributed by atoms with van der Waals surface area (Å²) in [6, 6.07) is 0. The summed E-state index contributed by atoms with van der Waals surface area (Å²) in [6.45, 7) is 1.30. The van der Waals surface area contributed by atoms with E-state index in [1.54, 1.807) is 10.9 Å². The molecule has 1 aliphatic rings. The van der Waals surface area contributed by atoms with E-state index < -0.39 is 10.0 Å². The number of hydrogen-bond acceptors (Lipinski definition) is 4. The SMILES string of the molecule is Cn1cc(CNC(=O)C2CCN(S(C)(=O)=O)CC2)cn1. The van der Waals surface area contributed by atoms with E-state index in [2.05, 4.69) is 10.4 Å². The third-order valence-corrected chi connectivity index (χ3v) is 4.82. The molecule has 1 amide bonds. The minimum absolute atomic E-state index is 0.0120. The van der Waals surface area contributed by atoms with E-state index in [0.717, 1.165) is 5.56 Å². The number of nitrogens with one attached hydrogen (secondary N) is 1. The van der Waals surface area contributed by atoms with E-state index >= 15 is 0 Å². The molecule has 0 spiro atoms. The molecule has 1 aromatic rings. The average Bonchev–Trinajstić information content (AvgIpc) is 2.81. The minimum atomic E-state index is -3.14. The molecule has 0 aliphatic carbocycles. The first-order valence-electron chi connectivity index (χ1n) is 6.56. The van der Waals surface area contributed by atoms with Crippen LogP contribution in [0.25, 0.3) is 0 Å². The van der Waals surface area contributed by atoms with Gasteiger partial charge in [0.2, 0.25) is 15.9 Å². The highest BCUT2D eigenvalue weighted by molar-refractivity contribution is 7.88. The maximum Gasteiger partial charge on any atom is 0.223 e. The first-order valence-corrected chi connectivity index (χ1v) is 8.41. The van der Waals surface area contributed by atoms with Crippen molar-refractivity contribution in [2.24, 2.45) is 13.0 Å². The predicted molar refractivity (Wildman–Crippen MR) is 74.2 cm³/mol. The zero-order chi connectivity index (χ0) is 14.8. The smallest absolute Gasteiger partial charge is 0.223 e. The number of piperidine rings is 1. The number of hydrogen-bond donors (Lipinski definition) is 1. The molecule has 20 heavy (non-hydrogen) atoms. The molecule has 8 heteroatoms. The average molecular weight is 300 g/mol. The molecule has 0 unspecified atom stereocenters. The van der Waals surface area contributed by atoms with Crippen LogP contribution in [0.3, 0.4) is 0 Å². The van der Waals surface area contributed by atoms with Crippen LogP contribution in [0.15, 0.2) is 12.4 Å². The van der Waals surface area contributed by atoms with Crippen LogP contribution in [-0.2, 0) is 28.4 Å². The van der Waals surface area contributed by atoms with Crippen molar-refractivity contribution in [2.75, 3.05) is 19.3 Å². The monoisotopic (exact) mass is 300 g/mol. The molecule has 1 saturated heterocycles. The van der Waals surface area contributed by atoms with Crippen molar-refractivity contribution in [3.63, 3.8) is 0 Å². The molecule has 1 fully saturated rings. The van der Waals surface area contributed by atoms with Crippen LogP contribution >= 0.6 is 0 Å². The normalized spacial score (nSPS) is 18.1. The molecule has 1 aliphatic heterocycles. The van der Waals surface area contributed by atoms with Crippen molar-refractivity contribution < 1.29 is 13.2 Å². The Balaban J connectivity index is 1.80. The molecule has 0 radical (unpaired) electrons. The molecule has 0 bridgehead atoms. The second kappa shape index (κ2) is 5.92. The quantitative estimate of drug-likeness (QED) is 0.828. The Hall–Kier alpha value is -1.41. The van der Waals surface area contributed by atoms with Crippen molar-refractivity contribution in [1.82, 2.24) is 19.4 Å². The molecule has 2 rings (SSSR count). The summed E-state index contributed by atoms with van der Waals surface area (Å²) in [5.74, 6) is -0.119. The van der Waals surface area contributed by atoms with Gasteiger partial charge in [-0.25, -0.2) is 12.7 Å². The van der Waals surface area contributed by atoms with Crippen molar-refractivity contribution in [3.05, 3.63) is 18.0 Å². The largest absolute Gasteiger partial charge is 0.352 e. The Bertz CT molecular complexity index is 573. The molecule has 0 aromatic carbocycles. The second-order valence-electron chi connectivity index (χ2n) is 5.18. The fourth-order valence-electron chi connectivity index (χ4n) is 2.35. The van der Waals surface area contributed by atoms with Crippen LogP contribution in [-0.4, -0.2) is 47.8 Å². The third kappa shape index (κ3) is 3.80. The van der Waals surface area contributed by atoms with E-state index in [0.29, 0.717) is 32.5 Å². The topological polar surface area (TPSA) is 84.3 Å². The Labute approximate surface area is 119 Å². The van der Waals surface area contributed by atoms with E-state index in [1.165, 1.54) is 10.6 Å². The number of rotatable bonds is 4. The predicted octanol–water partition coefficient (Wildman–Crippen LogP) is -0.292. The fourth-order valence-corrected chi connectivity index (χ4v) is 3.22. The van der Waals surface area contributed by atoms with Gasteiger partial charge in [-0.15, -0.1) is 0 Å². The van der Waals surface area contributed by atoms with Gasteiger partial charge in [0, 0.05) is 44.4 Å². The van der Waals surface area contributed by atoms with Crippen LogP contribution in [0.5, 0.6) is 0 Å².